The maximum atomic E-state index is 11.3. The van der Waals surface area contributed by atoms with Gasteiger partial charge in [0, 0.05) is 24.9 Å². The fourth-order valence-electron chi connectivity index (χ4n) is 2.88. The average Bonchev–Trinajstić information content (AvgIpc) is 2.33. The molecule has 0 spiro atoms. The molecular weight excluding hydrogens is 260 g/mol. The van der Waals surface area contributed by atoms with E-state index in [1.165, 1.54) is 25.5 Å². The lowest BCUT2D eigenvalue weighted by Crippen LogP contribution is -2.52. The van der Waals surface area contributed by atoms with Crippen molar-refractivity contribution in [3.8, 4) is 0 Å². The van der Waals surface area contributed by atoms with Gasteiger partial charge in [-0.2, -0.15) is 0 Å². The van der Waals surface area contributed by atoms with Gasteiger partial charge in [-0.1, -0.05) is 13.8 Å². The fourth-order valence-corrected chi connectivity index (χ4v) is 3.50. The van der Waals surface area contributed by atoms with Crippen molar-refractivity contribution in [2.24, 2.45) is 5.92 Å². The molecule has 1 aliphatic rings. The molecule has 0 heterocycles. The molecule has 1 N–H and O–H groups in total. The van der Waals surface area contributed by atoms with Gasteiger partial charge in [0.2, 0.25) is 0 Å². The highest BCUT2D eigenvalue weighted by molar-refractivity contribution is 7.90. The summed E-state index contributed by atoms with van der Waals surface area (Å²) in [6.07, 6.45) is 6.11. The lowest BCUT2D eigenvalue weighted by atomic mass is 9.82. The summed E-state index contributed by atoms with van der Waals surface area (Å²) in [5, 5.41) is 3.63. The summed E-state index contributed by atoms with van der Waals surface area (Å²) in [5.74, 6) is 1.000. The normalized spacial score (nSPS) is 28.8. The zero-order valence-electron chi connectivity index (χ0n) is 12.9. The quantitative estimate of drug-likeness (QED) is 0.772. The van der Waals surface area contributed by atoms with Crippen LogP contribution in [0.1, 0.15) is 39.5 Å². The maximum absolute atomic E-state index is 11.3. The number of sulfone groups is 1. The van der Waals surface area contributed by atoms with Crippen LogP contribution in [-0.4, -0.2) is 57.5 Å². The third kappa shape index (κ3) is 6.23. The molecule has 1 saturated carbocycles. The van der Waals surface area contributed by atoms with E-state index in [4.69, 9.17) is 0 Å². The molecule has 0 saturated heterocycles. The molecule has 5 heteroatoms. The van der Waals surface area contributed by atoms with Gasteiger partial charge in [0.15, 0.2) is 0 Å². The van der Waals surface area contributed by atoms with Gasteiger partial charge in [-0.3, -0.25) is 0 Å². The molecular formula is C14H30N2O2S. The fraction of sp³-hybridized carbons (Fsp3) is 1.00. The SMILES string of the molecule is CCCNC1CCC(C)CC1N(C)CCS(C)(=O)=O. The molecule has 0 bridgehead atoms. The van der Waals surface area contributed by atoms with Crippen LogP contribution in [0, 0.1) is 5.92 Å². The minimum atomic E-state index is -2.87. The van der Waals surface area contributed by atoms with Crippen molar-refractivity contribution in [1.82, 2.24) is 10.2 Å². The minimum Gasteiger partial charge on any atom is -0.312 e. The molecule has 0 aromatic rings. The summed E-state index contributed by atoms with van der Waals surface area (Å²) in [7, 11) is -0.804. The molecule has 3 atom stereocenters. The van der Waals surface area contributed by atoms with E-state index in [1.54, 1.807) is 0 Å². The lowest BCUT2D eigenvalue weighted by Gasteiger charge is -2.41. The second kappa shape index (κ2) is 7.60. The molecule has 0 radical (unpaired) electrons. The number of rotatable bonds is 7. The Balaban J connectivity index is 2.57. The second-order valence-electron chi connectivity index (χ2n) is 6.16. The van der Waals surface area contributed by atoms with Crippen LogP contribution < -0.4 is 5.32 Å². The summed E-state index contributed by atoms with van der Waals surface area (Å²) in [6.45, 7) is 6.17. The van der Waals surface area contributed by atoms with Crippen molar-refractivity contribution in [2.45, 2.75) is 51.6 Å². The van der Waals surface area contributed by atoms with Gasteiger partial charge < -0.3 is 10.2 Å². The monoisotopic (exact) mass is 290 g/mol. The van der Waals surface area contributed by atoms with Crippen molar-refractivity contribution >= 4 is 9.84 Å². The van der Waals surface area contributed by atoms with Gasteiger partial charge in [-0.05, 0) is 45.2 Å². The Morgan fingerprint density at radius 2 is 2.00 bits per heavy atom. The average molecular weight is 290 g/mol. The van der Waals surface area contributed by atoms with Gasteiger partial charge in [-0.25, -0.2) is 8.42 Å². The summed E-state index contributed by atoms with van der Waals surface area (Å²) < 4.78 is 22.6. The first-order valence-electron chi connectivity index (χ1n) is 7.44. The highest BCUT2D eigenvalue weighted by Gasteiger charge is 2.31. The van der Waals surface area contributed by atoms with Crippen LogP contribution in [-0.2, 0) is 9.84 Å². The Hall–Kier alpha value is -0.130. The number of hydrogen-bond donors (Lipinski definition) is 1. The number of nitrogens with one attached hydrogen (secondary N) is 1. The maximum Gasteiger partial charge on any atom is 0.148 e. The lowest BCUT2D eigenvalue weighted by molar-refractivity contribution is 0.130. The third-order valence-electron chi connectivity index (χ3n) is 4.12. The molecule has 4 nitrogen and oxygen atoms in total. The number of hydrogen-bond acceptors (Lipinski definition) is 4. The van der Waals surface area contributed by atoms with Crippen LogP contribution in [0.25, 0.3) is 0 Å². The van der Waals surface area contributed by atoms with E-state index in [1.807, 2.05) is 0 Å². The first kappa shape index (κ1) is 16.9. The van der Waals surface area contributed by atoms with Crippen molar-refractivity contribution in [1.29, 1.82) is 0 Å². The van der Waals surface area contributed by atoms with Gasteiger partial charge in [-0.15, -0.1) is 0 Å². The van der Waals surface area contributed by atoms with Gasteiger partial charge in [0.05, 0.1) is 5.75 Å². The van der Waals surface area contributed by atoms with Crippen LogP contribution in [0.4, 0.5) is 0 Å². The highest BCUT2D eigenvalue weighted by atomic mass is 32.2. The largest absolute Gasteiger partial charge is 0.312 e. The molecule has 3 unspecified atom stereocenters. The first-order valence-corrected chi connectivity index (χ1v) is 9.51. The molecule has 0 amide bonds. The van der Waals surface area contributed by atoms with Crippen molar-refractivity contribution in [3.05, 3.63) is 0 Å². The Bertz CT molecular complexity index is 354. The molecule has 0 aromatic heterocycles. The van der Waals surface area contributed by atoms with Gasteiger partial charge >= 0.3 is 0 Å². The van der Waals surface area contributed by atoms with E-state index >= 15 is 0 Å². The van der Waals surface area contributed by atoms with E-state index in [2.05, 4.69) is 31.1 Å². The topological polar surface area (TPSA) is 49.4 Å². The van der Waals surface area contributed by atoms with Crippen LogP contribution in [0.3, 0.4) is 0 Å². The Kier molecular flexibility index (Phi) is 6.77. The Labute approximate surface area is 118 Å². The van der Waals surface area contributed by atoms with Crippen LogP contribution in [0.5, 0.6) is 0 Å². The van der Waals surface area contributed by atoms with E-state index in [0.717, 1.165) is 18.9 Å². The summed E-state index contributed by atoms with van der Waals surface area (Å²) in [6, 6.07) is 0.984. The molecule has 19 heavy (non-hydrogen) atoms. The van der Waals surface area contributed by atoms with Crippen LogP contribution >= 0.6 is 0 Å². The summed E-state index contributed by atoms with van der Waals surface area (Å²) in [5.41, 5.74) is 0. The highest BCUT2D eigenvalue weighted by Crippen LogP contribution is 2.27. The van der Waals surface area contributed by atoms with E-state index in [-0.39, 0.29) is 5.75 Å². The first-order chi connectivity index (χ1) is 8.83. The molecule has 1 fully saturated rings. The molecule has 0 aliphatic heterocycles. The smallest absolute Gasteiger partial charge is 0.148 e. The standard InChI is InChI=1S/C14H30N2O2S/c1-5-8-15-13-7-6-12(2)11-14(13)16(3)9-10-19(4,17)18/h12-15H,5-11H2,1-4H3. The molecule has 1 rings (SSSR count). The van der Waals surface area contributed by atoms with E-state index < -0.39 is 9.84 Å². The van der Waals surface area contributed by atoms with Crippen molar-refractivity contribution in [2.75, 3.05) is 32.1 Å². The summed E-state index contributed by atoms with van der Waals surface area (Å²) >= 11 is 0. The molecule has 0 aromatic carbocycles. The van der Waals surface area contributed by atoms with Crippen LogP contribution in [0.15, 0.2) is 0 Å². The zero-order valence-corrected chi connectivity index (χ0v) is 13.7. The van der Waals surface area contributed by atoms with Crippen molar-refractivity contribution < 1.29 is 8.42 Å². The van der Waals surface area contributed by atoms with Gasteiger partial charge in [0.25, 0.3) is 0 Å². The van der Waals surface area contributed by atoms with Crippen molar-refractivity contribution in [3.63, 3.8) is 0 Å². The number of likely N-dealkylation sites (N-methyl/N-ethyl adjacent to an activating group) is 1. The molecule has 1 aliphatic carbocycles. The third-order valence-corrected chi connectivity index (χ3v) is 5.04. The predicted octanol–water partition coefficient (Wildman–Crippen LogP) is 1.52. The number of nitrogens with zero attached hydrogens (tertiary/aromatic N) is 1. The second-order valence-corrected chi connectivity index (χ2v) is 8.42. The van der Waals surface area contributed by atoms with E-state index in [0.29, 0.717) is 18.6 Å². The zero-order chi connectivity index (χ0) is 14.5. The Morgan fingerprint density at radius 1 is 1.32 bits per heavy atom. The van der Waals surface area contributed by atoms with Gasteiger partial charge in [0.1, 0.15) is 9.84 Å². The van der Waals surface area contributed by atoms with Crippen LogP contribution in [0.2, 0.25) is 0 Å². The van der Waals surface area contributed by atoms with E-state index in [9.17, 15) is 8.42 Å². The Morgan fingerprint density at radius 3 is 2.58 bits per heavy atom. The summed E-state index contributed by atoms with van der Waals surface area (Å²) in [4.78, 5) is 2.24. The minimum absolute atomic E-state index is 0.259. The molecule has 114 valence electrons. The predicted molar refractivity (Wildman–Crippen MR) is 81.2 cm³/mol.